The van der Waals surface area contributed by atoms with Gasteiger partial charge in [-0.3, -0.25) is 19.7 Å². The highest BCUT2D eigenvalue weighted by molar-refractivity contribution is 6.31. The molecule has 0 unspecified atom stereocenters. The lowest BCUT2D eigenvalue weighted by atomic mass is 10.1. The quantitative estimate of drug-likeness (QED) is 0.0884. The van der Waals surface area contributed by atoms with Gasteiger partial charge in [0.2, 0.25) is 0 Å². The van der Waals surface area contributed by atoms with Crippen molar-refractivity contribution in [3.8, 4) is 11.5 Å². The average Bonchev–Trinajstić information content (AvgIpc) is 2.98. The lowest BCUT2D eigenvalue weighted by Gasteiger charge is -2.10. The average molecular weight is 573 g/mol. The summed E-state index contributed by atoms with van der Waals surface area (Å²) in [6.45, 7) is 0. The molecule has 0 aromatic heterocycles. The van der Waals surface area contributed by atoms with Crippen molar-refractivity contribution in [2.45, 2.75) is 0 Å². The Balaban J connectivity index is 1.41. The molecule has 0 aliphatic heterocycles. The molecule has 0 heterocycles. The molecular weight excluding hydrogens is 552 g/mol. The Morgan fingerprint density at radius 1 is 0.878 bits per heavy atom. The number of methoxy groups -OCH3 is 1. The summed E-state index contributed by atoms with van der Waals surface area (Å²) < 4.78 is 10.6. The summed E-state index contributed by atoms with van der Waals surface area (Å²) in [5, 5.41) is 17.8. The molecule has 206 valence electrons. The number of ether oxygens (including phenoxy) is 2. The summed E-state index contributed by atoms with van der Waals surface area (Å²) in [6.07, 6.45) is 1.30. The molecule has 12 heteroatoms. The normalized spacial score (nSPS) is 10.6. The molecule has 0 fully saturated rings. The number of nitrogens with one attached hydrogen (secondary N) is 2. The highest BCUT2D eigenvalue weighted by atomic mass is 35.5. The minimum Gasteiger partial charge on any atom is -0.496 e. The fourth-order valence-electron chi connectivity index (χ4n) is 3.58. The number of nitrogens with zero attached hydrogens (tertiary/aromatic N) is 2. The number of hydrogen-bond acceptors (Lipinski definition) is 8. The number of anilines is 1. The van der Waals surface area contributed by atoms with Gasteiger partial charge in [-0.1, -0.05) is 29.8 Å². The van der Waals surface area contributed by atoms with E-state index in [1.165, 1.54) is 55.8 Å². The number of hydrazone groups is 1. The first kappa shape index (κ1) is 28.5. The van der Waals surface area contributed by atoms with Crippen LogP contribution in [0.4, 0.5) is 11.4 Å². The van der Waals surface area contributed by atoms with Crippen molar-refractivity contribution >= 4 is 47.0 Å². The van der Waals surface area contributed by atoms with Crippen LogP contribution in [0.15, 0.2) is 96.1 Å². The number of halogens is 1. The molecule has 2 N–H and O–H groups in total. The van der Waals surface area contributed by atoms with Gasteiger partial charge in [-0.15, -0.1) is 0 Å². The first-order valence-electron chi connectivity index (χ1n) is 11.9. The molecule has 0 saturated heterocycles. The number of nitro benzene ring substituents is 1. The monoisotopic (exact) mass is 572 g/mol. The van der Waals surface area contributed by atoms with Gasteiger partial charge in [0.1, 0.15) is 11.5 Å². The lowest BCUT2D eigenvalue weighted by molar-refractivity contribution is -0.384. The van der Waals surface area contributed by atoms with Crippen LogP contribution in [0.5, 0.6) is 11.5 Å². The number of carbonyl (C=O) groups is 3. The van der Waals surface area contributed by atoms with Gasteiger partial charge in [0, 0.05) is 34.0 Å². The van der Waals surface area contributed by atoms with Crippen LogP contribution < -0.4 is 20.2 Å². The zero-order chi connectivity index (χ0) is 29.4. The number of para-hydroxylation sites is 1. The number of rotatable bonds is 9. The topological polar surface area (TPSA) is 149 Å². The molecule has 4 aromatic rings. The summed E-state index contributed by atoms with van der Waals surface area (Å²) in [7, 11) is 1.44. The lowest BCUT2D eigenvalue weighted by Crippen LogP contribution is -2.18. The predicted molar refractivity (Wildman–Crippen MR) is 152 cm³/mol. The van der Waals surface area contributed by atoms with Gasteiger partial charge in [0.25, 0.3) is 17.5 Å². The van der Waals surface area contributed by atoms with Crippen LogP contribution in [-0.2, 0) is 0 Å². The number of hydrogen-bond donors (Lipinski definition) is 2. The second-order valence-electron chi connectivity index (χ2n) is 8.31. The second-order valence-corrected chi connectivity index (χ2v) is 8.75. The van der Waals surface area contributed by atoms with Crippen LogP contribution in [0, 0.1) is 10.1 Å². The minimum atomic E-state index is -0.723. The van der Waals surface area contributed by atoms with E-state index in [0.717, 1.165) is 0 Å². The zero-order valence-corrected chi connectivity index (χ0v) is 22.1. The van der Waals surface area contributed by atoms with E-state index in [-0.39, 0.29) is 28.1 Å². The van der Waals surface area contributed by atoms with E-state index in [1.54, 1.807) is 48.5 Å². The van der Waals surface area contributed by atoms with E-state index in [2.05, 4.69) is 15.8 Å². The largest absolute Gasteiger partial charge is 0.496 e. The Labute approximate surface area is 238 Å². The molecular formula is C29H21ClN4O7. The van der Waals surface area contributed by atoms with Crippen molar-refractivity contribution in [3.05, 3.63) is 128 Å². The Bertz CT molecular complexity index is 1660. The van der Waals surface area contributed by atoms with Crippen molar-refractivity contribution in [1.29, 1.82) is 0 Å². The maximum Gasteiger partial charge on any atom is 0.343 e. The van der Waals surface area contributed by atoms with Crippen LogP contribution >= 0.6 is 11.6 Å². The van der Waals surface area contributed by atoms with Gasteiger partial charge in [-0.2, -0.15) is 5.10 Å². The molecule has 0 spiro atoms. The molecule has 2 amide bonds. The minimum absolute atomic E-state index is 0.122. The third-order valence-corrected chi connectivity index (χ3v) is 5.83. The van der Waals surface area contributed by atoms with Crippen molar-refractivity contribution in [2.75, 3.05) is 12.4 Å². The fourth-order valence-corrected chi connectivity index (χ4v) is 3.75. The molecule has 41 heavy (non-hydrogen) atoms. The Hall–Kier alpha value is -5.55. The van der Waals surface area contributed by atoms with Gasteiger partial charge in [0.05, 0.1) is 29.4 Å². The third kappa shape index (κ3) is 7.31. The number of nitro groups is 1. The SMILES string of the molecule is COc1ccc(Cl)cc1C(=O)Nc1cccc(C(=O)NN=Cc2ccccc2OC(=O)c2ccc([N+](=O)[O-])cc2)c1. The van der Waals surface area contributed by atoms with Crippen molar-refractivity contribution < 1.29 is 28.8 Å². The van der Waals surface area contributed by atoms with E-state index >= 15 is 0 Å². The summed E-state index contributed by atoms with van der Waals surface area (Å²) in [6, 6.07) is 22.4. The Kier molecular flexibility index (Phi) is 9.02. The molecule has 0 saturated carbocycles. The molecule has 11 nitrogen and oxygen atoms in total. The maximum atomic E-state index is 12.8. The molecule has 4 rings (SSSR count). The van der Waals surface area contributed by atoms with E-state index in [0.29, 0.717) is 22.0 Å². The molecule has 0 bridgehead atoms. The van der Waals surface area contributed by atoms with Crippen LogP contribution in [-0.4, -0.2) is 36.0 Å². The smallest absolute Gasteiger partial charge is 0.343 e. The highest BCUT2D eigenvalue weighted by Crippen LogP contribution is 2.24. The molecule has 0 aliphatic rings. The summed E-state index contributed by atoms with van der Waals surface area (Å²) in [5.41, 5.74) is 3.55. The van der Waals surface area contributed by atoms with Crippen LogP contribution in [0.2, 0.25) is 5.02 Å². The summed E-state index contributed by atoms with van der Waals surface area (Å²) in [4.78, 5) is 48.2. The van der Waals surface area contributed by atoms with E-state index < -0.39 is 22.7 Å². The van der Waals surface area contributed by atoms with Crippen LogP contribution in [0.3, 0.4) is 0 Å². The fraction of sp³-hybridized carbons (Fsp3) is 0.0345. The number of esters is 1. The van der Waals surface area contributed by atoms with Crippen molar-refractivity contribution in [1.82, 2.24) is 5.43 Å². The van der Waals surface area contributed by atoms with Gasteiger partial charge in [-0.25, -0.2) is 10.2 Å². The Morgan fingerprint density at radius 3 is 2.37 bits per heavy atom. The van der Waals surface area contributed by atoms with Gasteiger partial charge < -0.3 is 14.8 Å². The number of non-ortho nitro benzene ring substituents is 1. The summed E-state index contributed by atoms with van der Waals surface area (Å²) >= 11 is 6.01. The van der Waals surface area contributed by atoms with Gasteiger partial charge in [0.15, 0.2) is 0 Å². The van der Waals surface area contributed by atoms with Crippen molar-refractivity contribution in [3.63, 3.8) is 0 Å². The van der Waals surface area contributed by atoms with E-state index in [4.69, 9.17) is 21.1 Å². The van der Waals surface area contributed by atoms with E-state index in [1.807, 2.05) is 0 Å². The van der Waals surface area contributed by atoms with Gasteiger partial charge >= 0.3 is 5.97 Å². The van der Waals surface area contributed by atoms with Gasteiger partial charge in [-0.05, 0) is 60.7 Å². The number of amides is 2. The molecule has 0 radical (unpaired) electrons. The predicted octanol–water partition coefficient (Wildman–Crippen LogP) is 5.49. The molecule has 0 atom stereocenters. The van der Waals surface area contributed by atoms with Crippen molar-refractivity contribution in [2.24, 2.45) is 5.10 Å². The third-order valence-electron chi connectivity index (χ3n) is 5.59. The molecule has 4 aromatic carbocycles. The second kappa shape index (κ2) is 13.0. The Morgan fingerprint density at radius 2 is 1.63 bits per heavy atom. The van der Waals surface area contributed by atoms with E-state index in [9.17, 15) is 24.5 Å². The molecule has 0 aliphatic carbocycles. The van der Waals surface area contributed by atoms with Crippen LogP contribution in [0.1, 0.15) is 36.6 Å². The summed E-state index contributed by atoms with van der Waals surface area (Å²) in [5.74, 6) is -1.25. The van der Waals surface area contributed by atoms with Crippen LogP contribution in [0.25, 0.3) is 0 Å². The first-order valence-corrected chi connectivity index (χ1v) is 12.3. The number of benzene rings is 4. The standard InChI is InChI=1S/C29H21ClN4O7/c1-40-26-14-11-21(30)16-24(26)28(36)32-22-7-4-6-19(15-22)27(35)33-31-17-20-5-2-3-8-25(20)41-29(37)18-9-12-23(13-10-18)34(38)39/h2-17H,1H3,(H,32,36)(H,33,35). The number of carbonyl (C=O) groups excluding carboxylic acids is 3. The first-order chi connectivity index (χ1) is 19.7. The zero-order valence-electron chi connectivity index (χ0n) is 21.4. The highest BCUT2D eigenvalue weighted by Gasteiger charge is 2.15. The maximum absolute atomic E-state index is 12.8.